The fourth-order valence-electron chi connectivity index (χ4n) is 1.99. The Labute approximate surface area is 135 Å². The Balaban J connectivity index is 1.68. The number of hydrogen-bond donors (Lipinski definition) is 1. The van der Waals surface area contributed by atoms with Crippen LogP contribution in [0.4, 0.5) is 10.1 Å². The SMILES string of the molecule is CCn1nnc2c(SCC(=O)Nc3cccc(F)c3)ncnc21. The van der Waals surface area contributed by atoms with E-state index in [1.807, 2.05) is 6.92 Å². The van der Waals surface area contributed by atoms with Gasteiger partial charge in [0, 0.05) is 12.2 Å². The summed E-state index contributed by atoms with van der Waals surface area (Å²) in [4.78, 5) is 20.2. The van der Waals surface area contributed by atoms with Crippen molar-refractivity contribution < 1.29 is 9.18 Å². The lowest BCUT2D eigenvalue weighted by Gasteiger charge is -2.05. The molecule has 0 unspecified atom stereocenters. The van der Waals surface area contributed by atoms with Gasteiger partial charge >= 0.3 is 0 Å². The number of aromatic nitrogens is 5. The molecule has 1 amide bonds. The van der Waals surface area contributed by atoms with E-state index in [9.17, 15) is 9.18 Å². The highest BCUT2D eigenvalue weighted by atomic mass is 32.2. The first-order chi connectivity index (χ1) is 11.2. The monoisotopic (exact) mass is 332 g/mol. The average Bonchev–Trinajstić information content (AvgIpc) is 2.96. The summed E-state index contributed by atoms with van der Waals surface area (Å²) in [6, 6.07) is 5.74. The van der Waals surface area contributed by atoms with Gasteiger partial charge in [-0.1, -0.05) is 23.0 Å². The van der Waals surface area contributed by atoms with E-state index in [0.29, 0.717) is 28.4 Å². The molecule has 0 radical (unpaired) electrons. The largest absolute Gasteiger partial charge is 0.325 e. The lowest BCUT2D eigenvalue weighted by molar-refractivity contribution is -0.113. The second-order valence-electron chi connectivity index (χ2n) is 4.60. The van der Waals surface area contributed by atoms with E-state index in [4.69, 9.17) is 0 Å². The van der Waals surface area contributed by atoms with Crippen LogP contribution in [0.15, 0.2) is 35.6 Å². The minimum Gasteiger partial charge on any atom is -0.325 e. The molecule has 1 aromatic carbocycles. The molecule has 0 saturated carbocycles. The normalized spacial score (nSPS) is 10.9. The van der Waals surface area contributed by atoms with Gasteiger partial charge in [-0.2, -0.15) is 0 Å². The van der Waals surface area contributed by atoms with Gasteiger partial charge < -0.3 is 5.32 Å². The molecular weight excluding hydrogens is 319 g/mol. The number of rotatable bonds is 5. The fraction of sp³-hybridized carbons (Fsp3) is 0.214. The molecule has 23 heavy (non-hydrogen) atoms. The highest BCUT2D eigenvalue weighted by Gasteiger charge is 2.13. The van der Waals surface area contributed by atoms with Crippen LogP contribution in [0.3, 0.4) is 0 Å². The molecule has 0 aliphatic rings. The van der Waals surface area contributed by atoms with Crippen molar-refractivity contribution >= 4 is 34.5 Å². The van der Waals surface area contributed by atoms with Crippen molar-refractivity contribution in [2.45, 2.75) is 18.5 Å². The van der Waals surface area contributed by atoms with E-state index in [-0.39, 0.29) is 11.7 Å². The minimum atomic E-state index is -0.399. The quantitative estimate of drug-likeness (QED) is 0.569. The van der Waals surface area contributed by atoms with Crippen molar-refractivity contribution in [2.75, 3.05) is 11.1 Å². The second-order valence-corrected chi connectivity index (χ2v) is 5.57. The van der Waals surface area contributed by atoms with Gasteiger partial charge in [-0.15, -0.1) is 5.10 Å². The molecule has 118 valence electrons. The number of aryl methyl sites for hydroxylation is 1. The Hall–Kier alpha value is -2.55. The summed E-state index contributed by atoms with van der Waals surface area (Å²) < 4.78 is 14.7. The third-order valence-electron chi connectivity index (χ3n) is 3.01. The first kappa shape index (κ1) is 15.3. The maximum atomic E-state index is 13.1. The fourth-order valence-corrected chi connectivity index (χ4v) is 2.72. The molecule has 0 aliphatic carbocycles. The summed E-state index contributed by atoms with van der Waals surface area (Å²) in [6.45, 7) is 2.59. The standard InChI is InChI=1S/C14H13FN6OS/c1-2-21-13-12(19-20-21)14(17-8-16-13)23-7-11(22)18-10-5-3-4-9(15)6-10/h3-6,8H,2,7H2,1H3,(H,18,22). The summed E-state index contributed by atoms with van der Waals surface area (Å²) >= 11 is 1.23. The maximum Gasteiger partial charge on any atom is 0.234 e. The molecule has 3 aromatic rings. The van der Waals surface area contributed by atoms with Crippen molar-refractivity contribution in [3.63, 3.8) is 0 Å². The summed E-state index contributed by atoms with van der Waals surface area (Å²) in [5, 5.41) is 11.3. The van der Waals surface area contributed by atoms with Crippen LogP contribution in [0, 0.1) is 5.82 Å². The molecule has 3 rings (SSSR count). The molecule has 0 bridgehead atoms. The molecule has 7 nitrogen and oxygen atoms in total. The van der Waals surface area contributed by atoms with Crippen LogP contribution in [0.5, 0.6) is 0 Å². The van der Waals surface area contributed by atoms with Gasteiger partial charge in [0.1, 0.15) is 17.2 Å². The van der Waals surface area contributed by atoms with Crippen LogP contribution in [-0.2, 0) is 11.3 Å². The maximum absolute atomic E-state index is 13.1. The first-order valence-electron chi connectivity index (χ1n) is 6.89. The van der Waals surface area contributed by atoms with Crippen molar-refractivity contribution in [2.24, 2.45) is 0 Å². The number of halogens is 1. The Kier molecular flexibility index (Phi) is 4.47. The van der Waals surface area contributed by atoms with E-state index in [1.54, 1.807) is 10.7 Å². The van der Waals surface area contributed by atoms with Crippen LogP contribution >= 0.6 is 11.8 Å². The topological polar surface area (TPSA) is 85.6 Å². The zero-order chi connectivity index (χ0) is 16.2. The van der Waals surface area contributed by atoms with Gasteiger partial charge in [0.25, 0.3) is 0 Å². The van der Waals surface area contributed by atoms with Crippen LogP contribution in [0.1, 0.15) is 6.92 Å². The number of carbonyl (C=O) groups is 1. The Morgan fingerprint density at radius 3 is 3.04 bits per heavy atom. The van der Waals surface area contributed by atoms with Gasteiger partial charge in [-0.3, -0.25) is 4.79 Å². The number of anilines is 1. The predicted octanol–water partition coefficient (Wildman–Crippen LogP) is 2.11. The van der Waals surface area contributed by atoms with Crippen LogP contribution < -0.4 is 5.32 Å². The molecule has 0 aliphatic heterocycles. The lowest BCUT2D eigenvalue weighted by atomic mass is 10.3. The smallest absolute Gasteiger partial charge is 0.234 e. The van der Waals surface area contributed by atoms with Gasteiger partial charge in [-0.05, 0) is 25.1 Å². The summed E-state index contributed by atoms with van der Waals surface area (Å²) in [7, 11) is 0. The molecule has 0 fully saturated rings. The summed E-state index contributed by atoms with van der Waals surface area (Å²) in [5.74, 6) is -0.527. The molecule has 0 spiro atoms. The molecule has 0 saturated heterocycles. The van der Waals surface area contributed by atoms with Crippen LogP contribution in [-0.4, -0.2) is 36.6 Å². The van der Waals surface area contributed by atoms with Crippen molar-refractivity contribution in [1.29, 1.82) is 0 Å². The third kappa shape index (κ3) is 3.45. The number of nitrogens with one attached hydrogen (secondary N) is 1. The van der Waals surface area contributed by atoms with Crippen LogP contribution in [0.25, 0.3) is 11.2 Å². The zero-order valence-corrected chi connectivity index (χ0v) is 13.0. The van der Waals surface area contributed by atoms with Gasteiger partial charge in [0.05, 0.1) is 5.75 Å². The number of carbonyl (C=O) groups excluding carboxylic acids is 1. The third-order valence-corrected chi connectivity index (χ3v) is 3.99. The van der Waals surface area contributed by atoms with Crippen molar-refractivity contribution in [3.05, 3.63) is 36.4 Å². The highest BCUT2D eigenvalue weighted by Crippen LogP contribution is 2.22. The zero-order valence-electron chi connectivity index (χ0n) is 12.2. The van der Waals surface area contributed by atoms with E-state index >= 15 is 0 Å². The number of fused-ring (bicyclic) bond motifs is 1. The molecular formula is C14H13FN6OS. The number of amides is 1. The number of hydrogen-bond acceptors (Lipinski definition) is 6. The average molecular weight is 332 g/mol. The Bertz CT molecular complexity index is 852. The minimum absolute atomic E-state index is 0.127. The lowest BCUT2D eigenvalue weighted by Crippen LogP contribution is -2.14. The Morgan fingerprint density at radius 1 is 1.39 bits per heavy atom. The Morgan fingerprint density at radius 2 is 2.26 bits per heavy atom. The molecule has 0 atom stereocenters. The summed E-state index contributed by atoms with van der Waals surface area (Å²) in [5.41, 5.74) is 1.62. The van der Waals surface area contributed by atoms with Gasteiger partial charge in [0.15, 0.2) is 11.2 Å². The van der Waals surface area contributed by atoms with Gasteiger partial charge in [-0.25, -0.2) is 19.0 Å². The summed E-state index contributed by atoms with van der Waals surface area (Å²) in [6.07, 6.45) is 1.42. The van der Waals surface area contributed by atoms with Gasteiger partial charge in [0.2, 0.25) is 5.91 Å². The van der Waals surface area contributed by atoms with Crippen molar-refractivity contribution in [1.82, 2.24) is 25.0 Å². The van der Waals surface area contributed by atoms with E-state index in [2.05, 4.69) is 25.6 Å². The van der Waals surface area contributed by atoms with Crippen LogP contribution in [0.2, 0.25) is 0 Å². The first-order valence-corrected chi connectivity index (χ1v) is 7.88. The van der Waals surface area contributed by atoms with E-state index in [1.165, 1.54) is 36.3 Å². The predicted molar refractivity (Wildman–Crippen MR) is 84.5 cm³/mol. The molecule has 1 N–H and O–H groups in total. The molecule has 9 heteroatoms. The molecule has 2 heterocycles. The molecule has 2 aromatic heterocycles. The van der Waals surface area contributed by atoms with E-state index < -0.39 is 5.82 Å². The van der Waals surface area contributed by atoms with E-state index in [0.717, 1.165) is 0 Å². The van der Waals surface area contributed by atoms with Crippen molar-refractivity contribution in [3.8, 4) is 0 Å². The number of nitrogens with zero attached hydrogens (tertiary/aromatic N) is 5. The number of benzene rings is 1. The second kappa shape index (κ2) is 6.69. The number of thioether (sulfide) groups is 1. The highest BCUT2D eigenvalue weighted by molar-refractivity contribution is 8.00.